The van der Waals surface area contributed by atoms with Crippen molar-refractivity contribution in [2.75, 3.05) is 11.9 Å². The van der Waals surface area contributed by atoms with E-state index in [9.17, 15) is 4.79 Å². The SMILES string of the molecule is O=C(Nc1nc2c(s1)CCc1ccccc1-2)C1CCCO1. The third kappa shape index (κ3) is 2.36. The number of hydrogen-bond donors (Lipinski definition) is 1. The summed E-state index contributed by atoms with van der Waals surface area (Å²) in [6.45, 7) is 0.680. The van der Waals surface area contributed by atoms with Gasteiger partial charge in [0.05, 0.1) is 5.69 Å². The van der Waals surface area contributed by atoms with Crippen LogP contribution in [-0.2, 0) is 22.4 Å². The molecule has 2 aliphatic rings. The van der Waals surface area contributed by atoms with Crippen molar-refractivity contribution in [3.8, 4) is 11.3 Å². The van der Waals surface area contributed by atoms with E-state index in [1.54, 1.807) is 11.3 Å². The summed E-state index contributed by atoms with van der Waals surface area (Å²) in [6, 6.07) is 8.37. The maximum absolute atomic E-state index is 12.1. The first-order valence-corrected chi connectivity index (χ1v) is 8.13. The predicted octanol–water partition coefficient (Wildman–Crippen LogP) is 3.03. The number of thiazole rings is 1. The third-order valence-corrected chi connectivity index (χ3v) is 5.07. The number of rotatable bonds is 2. The fourth-order valence-electron chi connectivity index (χ4n) is 2.97. The Hall–Kier alpha value is -1.72. The molecule has 1 aromatic carbocycles. The summed E-state index contributed by atoms with van der Waals surface area (Å²) in [7, 11) is 0. The van der Waals surface area contributed by atoms with Crippen LogP contribution < -0.4 is 5.32 Å². The van der Waals surface area contributed by atoms with E-state index in [1.165, 1.54) is 16.0 Å². The van der Waals surface area contributed by atoms with E-state index >= 15 is 0 Å². The molecule has 4 rings (SSSR count). The standard InChI is InChI=1S/C16H16N2O2S/c19-15(12-6-3-9-20-12)18-16-17-14-11-5-2-1-4-10(11)7-8-13(14)21-16/h1-2,4-5,12H,3,6-9H2,(H,17,18,19). The lowest BCUT2D eigenvalue weighted by Crippen LogP contribution is -2.26. The lowest BCUT2D eigenvalue weighted by molar-refractivity contribution is -0.124. The molecular weight excluding hydrogens is 284 g/mol. The number of anilines is 1. The molecule has 0 spiro atoms. The van der Waals surface area contributed by atoms with Crippen molar-refractivity contribution in [2.45, 2.75) is 31.8 Å². The number of carbonyl (C=O) groups is 1. The summed E-state index contributed by atoms with van der Waals surface area (Å²) in [4.78, 5) is 18.0. The van der Waals surface area contributed by atoms with Crippen molar-refractivity contribution in [3.63, 3.8) is 0 Å². The molecule has 1 N–H and O–H groups in total. The van der Waals surface area contributed by atoms with Gasteiger partial charge in [0.1, 0.15) is 6.10 Å². The van der Waals surface area contributed by atoms with Crippen LogP contribution in [0.25, 0.3) is 11.3 Å². The lowest BCUT2D eigenvalue weighted by atomic mass is 9.94. The van der Waals surface area contributed by atoms with Gasteiger partial charge in [-0.15, -0.1) is 11.3 Å². The third-order valence-electron chi connectivity index (χ3n) is 4.04. The van der Waals surface area contributed by atoms with Gasteiger partial charge < -0.3 is 4.74 Å². The van der Waals surface area contributed by atoms with Crippen molar-refractivity contribution in [3.05, 3.63) is 34.7 Å². The summed E-state index contributed by atoms with van der Waals surface area (Å²) in [5.41, 5.74) is 3.57. The quantitative estimate of drug-likeness (QED) is 0.927. The Balaban J connectivity index is 1.60. The minimum absolute atomic E-state index is 0.0631. The Bertz CT molecular complexity index is 689. The molecule has 1 fully saturated rings. The van der Waals surface area contributed by atoms with Gasteiger partial charge in [-0.25, -0.2) is 4.98 Å². The highest BCUT2D eigenvalue weighted by atomic mass is 32.1. The highest BCUT2D eigenvalue weighted by molar-refractivity contribution is 7.16. The minimum Gasteiger partial charge on any atom is -0.368 e. The summed E-state index contributed by atoms with van der Waals surface area (Å²) in [6.07, 6.45) is 3.50. The molecule has 21 heavy (non-hydrogen) atoms. The van der Waals surface area contributed by atoms with Crippen molar-refractivity contribution in [1.82, 2.24) is 4.98 Å². The van der Waals surface area contributed by atoms with Crippen LogP contribution in [0.4, 0.5) is 5.13 Å². The van der Waals surface area contributed by atoms with Crippen LogP contribution in [0.3, 0.4) is 0 Å². The van der Waals surface area contributed by atoms with Crippen LogP contribution >= 0.6 is 11.3 Å². The molecule has 1 saturated heterocycles. The van der Waals surface area contributed by atoms with Gasteiger partial charge in [0.25, 0.3) is 5.91 Å². The lowest BCUT2D eigenvalue weighted by Gasteiger charge is -2.13. The highest BCUT2D eigenvalue weighted by Crippen LogP contribution is 2.38. The van der Waals surface area contributed by atoms with Gasteiger partial charge >= 0.3 is 0 Å². The fourth-order valence-corrected chi connectivity index (χ4v) is 3.95. The first-order valence-electron chi connectivity index (χ1n) is 7.32. The van der Waals surface area contributed by atoms with Crippen LogP contribution in [0, 0.1) is 0 Å². The second-order valence-electron chi connectivity index (χ2n) is 5.44. The summed E-state index contributed by atoms with van der Waals surface area (Å²) in [5, 5.41) is 3.61. The Labute approximate surface area is 127 Å². The van der Waals surface area contributed by atoms with Crippen LogP contribution in [-0.4, -0.2) is 23.6 Å². The second kappa shape index (κ2) is 5.24. The Morgan fingerprint density at radius 2 is 2.24 bits per heavy atom. The van der Waals surface area contributed by atoms with Crippen molar-refractivity contribution in [1.29, 1.82) is 0 Å². The van der Waals surface area contributed by atoms with E-state index in [0.29, 0.717) is 11.7 Å². The molecular formula is C16H16N2O2S. The van der Waals surface area contributed by atoms with Gasteiger partial charge in [-0.3, -0.25) is 10.1 Å². The van der Waals surface area contributed by atoms with Crippen LogP contribution in [0.15, 0.2) is 24.3 Å². The van der Waals surface area contributed by atoms with Crippen LogP contribution in [0.2, 0.25) is 0 Å². The number of nitrogens with one attached hydrogen (secondary N) is 1. The molecule has 5 heteroatoms. The predicted molar refractivity (Wildman–Crippen MR) is 82.6 cm³/mol. The normalized spacial score (nSPS) is 19.9. The summed E-state index contributed by atoms with van der Waals surface area (Å²) in [5.74, 6) is -0.0631. The Morgan fingerprint density at radius 1 is 1.33 bits per heavy atom. The van der Waals surface area contributed by atoms with E-state index in [1.807, 2.05) is 6.07 Å². The highest BCUT2D eigenvalue weighted by Gasteiger charge is 2.26. The maximum atomic E-state index is 12.1. The first-order chi connectivity index (χ1) is 10.3. The Morgan fingerprint density at radius 3 is 3.10 bits per heavy atom. The second-order valence-corrected chi connectivity index (χ2v) is 6.52. The van der Waals surface area contributed by atoms with E-state index in [4.69, 9.17) is 4.74 Å². The zero-order valence-corrected chi connectivity index (χ0v) is 12.4. The minimum atomic E-state index is -0.307. The number of carbonyl (C=O) groups excluding carboxylic acids is 1. The Kier molecular flexibility index (Phi) is 3.24. The van der Waals surface area contributed by atoms with Crippen molar-refractivity contribution in [2.24, 2.45) is 0 Å². The smallest absolute Gasteiger partial charge is 0.255 e. The number of fused-ring (bicyclic) bond motifs is 3. The van der Waals surface area contributed by atoms with Crippen molar-refractivity contribution < 1.29 is 9.53 Å². The van der Waals surface area contributed by atoms with Gasteiger partial charge in [0.2, 0.25) is 0 Å². The van der Waals surface area contributed by atoms with E-state index in [-0.39, 0.29) is 12.0 Å². The maximum Gasteiger partial charge on any atom is 0.255 e. The largest absolute Gasteiger partial charge is 0.368 e. The molecule has 2 heterocycles. The van der Waals surface area contributed by atoms with Crippen LogP contribution in [0.5, 0.6) is 0 Å². The number of hydrogen-bond acceptors (Lipinski definition) is 4. The van der Waals surface area contributed by atoms with E-state index in [0.717, 1.165) is 31.4 Å². The topological polar surface area (TPSA) is 51.2 Å². The zero-order chi connectivity index (χ0) is 14.2. The number of aryl methyl sites for hydroxylation is 2. The number of aromatic nitrogens is 1. The molecule has 0 bridgehead atoms. The molecule has 0 saturated carbocycles. The number of benzene rings is 1. The molecule has 1 aromatic heterocycles. The molecule has 2 aromatic rings. The molecule has 1 atom stereocenters. The number of ether oxygens (including phenoxy) is 1. The zero-order valence-electron chi connectivity index (χ0n) is 11.6. The summed E-state index contributed by atoms with van der Waals surface area (Å²) >= 11 is 1.59. The van der Waals surface area contributed by atoms with Crippen molar-refractivity contribution >= 4 is 22.4 Å². The average Bonchev–Trinajstić information content (AvgIpc) is 3.16. The average molecular weight is 300 g/mol. The molecule has 4 nitrogen and oxygen atoms in total. The first kappa shape index (κ1) is 13.0. The van der Waals surface area contributed by atoms with Gasteiger partial charge in [0, 0.05) is 17.0 Å². The van der Waals surface area contributed by atoms with Gasteiger partial charge in [-0.1, -0.05) is 24.3 Å². The van der Waals surface area contributed by atoms with E-state index in [2.05, 4.69) is 28.5 Å². The molecule has 1 amide bonds. The monoisotopic (exact) mass is 300 g/mol. The molecule has 0 radical (unpaired) electrons. The number of nitrogens with zero attached hydrogens (tertiary/aromatic N) is 1. The fraction of sp³-hybridized carbons (Fsp3) is 0.375. The van der Waals surface area contributed by atoms with Gasteiger partial charge in [0.15, 0.2) is 5.13 Å². The van der Waals surface area contributed by atoms with E-state index < -0.39 is 0 Å². The molecule has 1 aliphatic carbocycles. The van der Waals surface area contributed by atoms with Gasteiger partial charge in [-0.2, -0.15) is 0 Å². The van der Waals surface area contributed by atoms with Gasteiger partial charge in [-0.05, 0) is 31.2 Å². The molecule has 1 unspecified atom stereocenters. The number of amides is 1. The molecule has 108 valence electrons. The molecule has 1 aliphatic heterocycles. The summed E-state index contributed by atoms with van der Waals surface area (Å²) < 4.78 is 5.41. The van der Waals surface area contributed by atoms with Crippen LogP contribution in [0.1, 0.15) is 23.3 Å².